The minimum absolute atomic E-state index is 0.316. The van der Waals surface area contributed by atoms with E-state index >= 15 is 0 Å². The number of aliphatic hydroxyl groups is 1. The van der Waals surface area contributed by atoms with Crippen LogP contribution in [0, 0.1) is 5.92 Å². The molecule has 0 saturated carbocycles. The van der Waals surface area contributed by atoms with Crippen molar-refractivity contribution < 1.29 is 19.7 Å². The van der Waals surface area contributed by atoms with E-state index in [-0.39, 0.29) is 0 Å². The number of ether oxygens (including phenoxy) is 1. The highest BCUT2D eigenvalue weighted by Gasteiger charge is 2.23. The van der Waals surface area contributed by atoms with Crippen molar-refractivity contribution in [2.24, 2.45) is 5.92 Å². The first kappa shape index (κ1) is 12.5. The highest BCUT2D eigenvalue weighted by Crippen LogP contribution is 2.16. The molecule has 0 aliphatic rings. The van der Waals surface area contributed by atoms with E-state index in [2.05, 4.69) is 0 Å². The van der Waals surface area contributed by atoms with Gasteiger partial charge in [-0.25, -0.2) is 0 Å². The number of methoxy groups -OCH3 is 1. The Kier molecular flexibility index (Phi) is 4.31. The molecule has 0 spiro atoms. The number of aliphatic carboxylic acids is 1. The van der Waals surface area contributed by atoms with Crippen LogP contribution in [0.2, 0.25) is 0 Å². The second-order valence-electron chi connectivity index (χ2n) is 3.74. The number of carboxylic acids is 1. The van der Waals surface area contributed by atoms with Crippen molar-refractivity contribution in [3.05, 3.63) is 29.8 Å². The molecule has 0 aliphatic heterocycles. The third kappa shape index (κ3) is 3.24. The van der Waals surface area contributed by atoms with E-state index in [9.17, 15) is 9.90 Å². The smallest absolute Gasteiger partial charge is 0.309 e. The van der Waals surface area contributed by atoms with Crippen molar-refractivity contribution in [3.8, 4) is 5.75 Å². The molecule has 4 heteroatoms. The van der Waals surface area contributed by atoms with Crippen LogP contribution in [0.4, 0.5) is 0 Å². The minimum atomic E-state index is -0.981. The normalized spacial score (nSPS) is 14.2. The molecule has 1 aromatic rings. The fourth-order valence-electron chi connectivity index (χ4n) is 1.48. The standard InChI is InChI=1S/C12H16O4/c1-8(13)11(12(14)15)7-9-3-5-10(16-2)6-4-9/h3-6,8,11,13H,7H2,1-2H3,(H,14,15)/t8-,11-/m1/s1. The molecule has 0 saturated heterocycles. The first-order valence-electron chi connectivity index (χ1n) is 5.08. The van der Waals surface area contributed by atoms with Gasteiger partial charge < -0.3 is 14.9 Å². The van der Waals surface area contributed by atoms with Gasteiger partial charge in [0, 0.05) is 0 Å². The number of hydrogen-bond donors (Lipinski definition) is 2. The zero-order valence-electron chi connectivity index (χ0n) is 9.38. The van der Waals surface area contributed by atoms with Crippen molar-refractivity contribution in [3.63, 3.8) is 0 Å². The van der Waals surface area contributed by atoms with Gasteiger partial charge in [0.1, 0.15) is 5.75 Å². The fraction of sp³-hybridized carbons (Fsp3) is 0.417. The Morgan fingerprint density at radius 2 is 1.94 bits per heavy atom. The molecule has 0 unspecified atom stereocenters. The van der Waals surface area contributed by atoms with Crippen molar-refractivity contribution in [1.29, 1.82) is 0 Å². The van der Waals surface area contributed by atoms with E-state index in [1.54, 1.807) is 31.4 Å². The van der Waals surface area contributed by atoms with E-state index in [0.717, 1.165) is 11.3 Å². The molecule has 4 nitrogen and oxygen atoms in total. The molecule has 1 aromatic carbocycles. The molecule has 2 atom stereocenters. The Labute approximate surface area is 94.5 Å². The maximum Gasteiger partial charge on any atom is 0.309 e. The SMILES string of the molecule is COc1ccc(C[C@@H](C(=O)O)[C@@H](C)O)cc1. The van der Waals surface area contributed by atoms with Crippen molar-refractivity contribution in [1.82, 2.24) is 0 Å². The van der Waals surface area contributed by atoms with Crippen LogP contribution in [0.5, 0.6) is 5.75 Å². The average Bonchev–Trinajstić information content (AvgIpc) is 2.25. The van der Waals surface area contributed by atoms with Crippen LogP contribution in [0.25, 0.3) is 0 Å². The third-order valence-electron chi connectivity index (χ3n) is 2.51. The molecular formula is C12H16O4. The first-order valence-corrected chi connectivity index (χ1v) is 5.08. The Hall–Kier alpha value is -1.55. The number of carboxylic acid groups (broad SMARTS) is 1. The lowest BCUT2D eigenvalue weighted by Crippen LogP contribution is -2.27. The maximum absolute atomic E-state index is 10.9. The Balaban J connectivity index is 2.74. The zero-order chi connectivity index (χ0) is 12.1. The molecule has 1 rings (SSSR count). The van der Waals surface area contributed by atoms with Gasteiger partial charge in [-0.05, 0) is 31.0 Å². The number of hydrogen-bond acceptors (Lipinski definition) is 3. The molecule has 0 heterocycles. The summed E-state index contributed by atoms with van der Waals surface area (Å²) in [6.45, 7) is 1.49. The van der Waals surface area contributed by atoms with Gasteiger partial charge in [-0.15, -0.1) is 0 Å². The van der Waals surface area contributed by atoms with Gasteiger partial charge in [0.25, 0.3) is 0 Å². The molecule has 2 N–H and O–H groups in total. The molecule has 0 amide bonds. The summed E-state index contributed by atoms with van der Waals surface area (Å²) in [5.41, 5.74) is 0.870. The average molecular weight is 224 g/mol. The van der Waals surface area contributed by atoms with Crippen LogP contribution in [0.1, 0.15) is 12.5 Å². The van der Waals surface area contributed by atoms with E-state index in [1.165, 1.54) is 6.92 Å². The summed E-state index contributed by atoms with van der Waals surface area (Å²) in [6.07, 6.45) is -0.545. The molecule has 0 radical (unpaired) electrons. The monoisotopic (exact) mass is 224 g/mol. The molecule has 88 valence electrons. The number of rotatable bonds is 5. The quantitative estimate of drug-likeness (QED) is 0.791. The highest BCUT2D eigenvalue weighted by molar-refractivity contribution is 5.71. The Morgan fingerprint density at radius 1 is 1.38 bits per heavy atom. The highest BCUT2D eigenvalue weighted by atomic mass is 16.5. The molecule has 16 heavy (non-hydrogen) atoms. The van der Waals surface area contributed by atoms with E-state index in [1.807, 2.05) is 0 Å². The molecule has 0 aliphatic carbocycles. The van der Waals surface area contributed by atoms with Gasteiger partial charge in [-0.2, -0.15) is 0 Å². The maximum atomic E-state index is 10.9. The second-order valence-corrected chi connectivity index (χ2v) is 3.74. The number of aliphatic hydroxyl groups excluding tert-OH is 1. The second kappa shape index (κ2) is 5.51. The van der Waals surface area contributed by atoms with Crippen LogP contribution in [-0.4, -0.2) is 29.4 Å². The van der Waals surface area contributed by atoms with Gasteiger partial charge in [0.15, 0.2) is 0 Å². The summed E-state index contributed by atoms with van der Waals surface area (Å²) < 4.78 is 5.00. The lowest BCUT2D eigenvalue weighted by Gasteiger charge is -2.15. The van der Waals surface area contributed by atoms with Crippen LogP contribution >= 0.6 is 0 Å². The molecule has 0 bridgehead atoms. The van der Waals surface area contributed by atoms with E-state index < -0.39 is 18.0 Å². The lowest BCUT2D eigenvalue weighted by atomic mass is 9.95. The Morgan fingerprint density at radius 3 is 2.31 bits per heavy atom. The van der Waals surface area contributed by atoms with E-state index in [4.69, 9.17) is 9.84 Å². The Bertz CT molecular complexity index is 343. The van der Waals surface area contributed by atoms with Crippen molar-refractivity contribution in [2.75, 3.05) is 7.11 Å². The van der Waals surface area contributed by atoms with Gasteiger partial charge in [-0.1, -0.05) is 12.1 Å². The topological polar surface area (TPSA) is 66.8 Å². The molecular weight excluding hydrogens is 208 g/mol. The van der Waals surface area contributed by atoms with Crippen LogP contribution in [0.3, 0.4) is 0 Å². The fourth-order valence-corrected chi connectivity index (χ4v) is 1.48. The van der Waals surface area contributed by atoms with Crippen LogP contribution < -0.4 is 4.74 Å². The summed E-state index contributed by atoms with van der Waals surface area (Å²) in [5, 5.41) is 18.3. The predicted octanol–water partition coefficient (Wildman–Crippen LogP) is 1.32. The largest absolute Gasteiger partial charge is 0.497 e. The number of carbonyl (C=O) groups is 1. The molecule has 0 aromatic heterocycles. The van der Waals surface area contributed by atoms with Gasteiger partial charge in [0.2, 0.25) is 0 Å². The summed E-state index contributed by atoms with van der Waals surface area (Å²) >= 11 is 0. The van der Waals surface area contributed by atoms with Gasteiger partial charge in [0.05, 0.1) is 19.1 Å². The third-order valence-corrected chi connectivity index (χ3v) is 2.51. The predicted molar refractivity (Wildman–Crippen MR) is 59.5 cm³/mol. The summed E-state index contributed by atoms with van der Waals surface area (Å²) in [4.78, 5) is 10.9. The first-order chi connectivity index (χ1) is 7.54. The van der Waals surface area contributed by atoms with Gasteiger partial charge >= 0.3 is 5.97 Å². The van der Waals surface area contributed by atoms with E-state index in [0.29, 0.717) is 6.42 Å². The molecule has 0 fully saturated rings. The minimum Gasteiger partial charge on any atom is -0.497 e. The van der Waals surface area contributed by atoms with Crippen molar-refractivity contribution in [2.45, 2.75) is 19.4 Å². The van der Waals surface area contributed by atoms with Crippen molar-refractivity contribution >= 4 is 5.97 Å². The van der Waals surface area contributed by atoms with Crippen LogP contribution in [-0.2, 0) is 11.2 Å². The number of benzene rings is 1. The lowest BCUT2D eigenvalue weighted by molar-refractivity contribution is -0.145. The summed E-state index contributed by atoms with van der Waals surface area (Å²) in [5.74, 6) is -1.02. The van der Waals surface area contributed by atoms with Crippen LogP contribution in [0.15, 0.2) is 24.3 Å². The summed E-state index contributed by atoms with van der Waals surface area (Å²) in [6, 6.07) is 7.15. The summed E-state index contributed by atoms with van der Waals surface area (Å²) in [7, 11) is 1.57. The van der Waals surface area contributed by atoms with Gasteiger partial charge in [-0.3, -0.25) is 4.79 Å². The zero-order valence-corrected chi connectivity index (χ0v) is 9.38.